The van der Waals surface area contributed by atoms with E-state index in [0.29, 0.717) is 22.0 Å². The lowest BCUT2D eigenvalue weighted by Crippen LogP contribution is -2.53. The summed E-state index contributed by atoms with van der Waals surface area (Å²) in [6.45, 7) is 2.62. The molecule has 0 aromatic heterocycles. The van der Waals surface area contributed by atoms with Gasteiger partial charge in [-0.3, -0.25) is 14.4 Å². The SMILES string of the molecule is CC1=C(C)C(NC(=O)COc2ccc(Cl)c(F)c2)C(O)CC1NC(=O)COc1cc(Cl)cc2c1OCC(=O)N2C. The van der Waals surface area contributed by atoms with Crippen molar-refractivity contribution < 1.29 is 38.1 Å². The molecule has 1 aliphatic carbocycles. The predicted molar refractivity (Wildman–Crippen MR) is 146 cm³/mol. The lowest BCUT2D eigenvalue weighted by Gasteiger charge is -2.36. The second-order valence-corrected chi connectivity index (χ2v) is 10.3. The minimum absolute atomic E-state index is 0.0607. The number of likely N-dealkylation sites (N-methyl/N-ethyl adjacent to an activating group) is 1. The van der Waals surface area contributed by atoms with E-state index in [4.69, 9.17) is 37.4 Å². The molecular weight excluding hydrogens is 568 g/mol. The average molecular weight is 596 g/mol. The second-order valence-electron chi connectivity index (χ2n) is 9.48. The van der Waals surface area contributed by atoms with Crippen LogP contribution < -0.4 is 29.7 Å². The van der Waals surface area contributed by atoms with Crippen molar-refractivity contribution in [1.29, 1.82) is 0 Å². The third-order valence-electron chi connectivity index (χ3n) is 6.82. The lowest BCUT2D eigenvalue weighted by molar-refractivity contribution is -0.125. The van der Waals surface area contributed by atoms with Crippen molar-refractivity contribution in [3.8, 4) is 17.2 Å². The Hall–Kier alpha value is -3.54. The van der Waals surface area contributed by atoms with Crippen LogP contribution in [0.3, 0.4) is 0 Å². The number of amides is 3. The molecule has 2 aromatic rings. The van der Waals surface area contributed by atoms with E-state index in [0.717, 1.165) is 11.6 Å². The zero-order chi connectivity index (χ0) is 29.1. The van der Waals surface area contributed by atoms with Gasteiger partial charge in [-0.05, 0) is 49.6 Å². The standard InChI is InChI=1S/C27H28Cl2FN3O7/c1-13-14(2)26(32-24(36)10-38-16-4-5-17(29)18(30)8-16)21(34)9-19(13)31-23(35)11-39-22-7-15(28)6-20-27(22)40-12-25(37)33(20)3/h4-8,19,21,26,34H,9-12H2,1-3H3,(H,31,35)(H,32,36). The first kappa shape index (κ1) is 29.4. The minimum atomic E-state index is -0.992. The van der Waals surface area contributed by atoms with Crippen molar-refractivity contribution in [1.82, 2.24) is 10.6 Å². The van der Waals surface area contributed by atoms with E-state index < -0.39 is 42.4 Å². The monoisotopic (exact) mass is 595 g/mol. The molecule has 40 heavy (non-hydrogen) atoms. The Morgan fingerprint density at radius 1 is 1.10 bits per heavy atom. The van der Waals surface area contributed by atoms with Crippen molar-refractivity contribution in [2.24, 2.45) is 0 Å². The minimum Gasteiger partial charge on any atom is -0.484 e. The van der Waals surface area contributed by atoms with E-state index in [2.05, 4.69) is 10.6 Å². The van der Waals surface area contributed by atoms with E-state index in [9.17, 15) is 23.9 Å². The summed E-state index contributed by atoms with van der Waals surface area (Å²) in [4.78, 5) is 38.5. The maximum Gasteiger partial charge on any atom is 0.264 e. The molecule has 13 heteroatoms. The smallest absolute Gasteiger partial charge is 0.264 e. The average Bonchev–Trinajstić information content (AvgIpc) is 2.91. The number of nitrogens with one attached hydrogen (secondary N) is 2. The molecule has 0 saturated carbocycles. The summed E-state index contributed by atoms with van der Waals surface area (Å²) in [5, 5.41) is 16.6. The molecule has 2 aromatic carbocycles. The Kier molecular flexibility index (Phi) is 9.07. The third-order valence-corrected chi connectivity index (χ3v) is 7.34. The molecule has 2 aliphatic rings. The number of ether oxygens (including phenoxy) is 3. The molecule has 214 valence electrons. The van der Waals surface area contributed by atoms with Gasteiger partial charge in [0.1, 0.15) is 11.6 Å². The molecule has 10 nitrogen and oxygen atoms in total. The van der Waals surface area contributed by atoms with Crippen LogP contribution in [0.15, 0.2) is 41.5 Å². The maximum absolute atomic E-state index is 13.6. The summed E-state index contributed by atoms with van der Waals surface area (Å²) >= 11 is 11.8. The van der Waals surface area contributed by atoms with Crippen LogP contribution in [0.4, 0.5) is 10.1 Å². The van der Waals surface area contributed by atoms with E-state index >= 15 is 0 Å². The molecule has 3 amide bonds. The number of aliphatic hydroxyl groups excluding tert-OH is 1. The van der Waals surface area contributed by atoms with Gasteiger partial charge < -0.3 is 34.9 Å². The zero-order valence-corrected chi connectivity index (χ0v) is 23.4. The topological polar surface area (TPSA) is 126 Å². The highest BCUT2D eigenvalue weighted by Gasteiger charge is 2.34. The molecule has 0 spiro atoms. The number of carbonyl (C=O) groups is 3. The highest BCUT2D eigenvalue weighted by Crippen LogP contribution is 2.42. The van der Waals surface area contributed by atoms with Gasteiger partial charge in [-0.1, -0.05) is 23.2 Å². The Labute approximate surface area is 240 Å². The number of aliphatic hydroxyl groups is 1. The first-order chi connectivity index (χ1) is 18.9. The molecule has 0 saturated heterocycles. The van der Waals surface area contributed by atoms with Gasteiger partial charge in [0.2, 0.25) is 0 Å². The second kappa shape index (κ2) is 12.3. The number of carbonyl (C=O) groups excluding carboxylic acids is 3. The number of rotatable bonds is 8. The normalized spacial score (nSPS) is 20.4. The quantitative estimate of drug-likeness (QED) is 0.400. The third kappa shape index (κ3) is 6.60. The van der Waals surface area contributed by atoms with Crippen LogP contribution in [-0.4, -0.2) is 67.9 Å². The molecule has 0 bridgehead atoms. The van der Waals surface area contributed by atoms with Crippen molar-refractivity contribution in [2.75, 3.05) is 31.8 Å². The summed E-state index contributed by atoms with van der Waals surface area (Å²) in [5.41, 5.74) is 1.89. The molecule has 0 radical (unpaired) electrons. The Balaban J connectivity index is 1.34. The van der Waals surface area contributed by atoms with Crippen LogP contribution in [0.25, 0.3) is 0 Å². The first-order valence-electron chi connectivity index (χ1n) is 12.3. The molecule has 1 heterocycles. The molecule has 0 fully saturated rings. The summed E-state index contributed by atoms with van der Waals surface area (Å²) in [5.74, 6) is -1.21. The number of hydrogen-bond donors (Lipinski definition) is 3. The molecule has 3 atom stereocenters. The fourth-order valence-corrected chi connectivity index (χ4v) is 4.79. The van der Waals surface area contributed by atoms with Crippen molar-refractivity contribution in [3.63, 3.8) is 0 Å². The van der Waals surface area contributed by atoms with Crippen molar-refractivity contribution >= 4 is 46.6 Å². The van der Waals surface area contributed by atoms with Gasteiger partial charge in [0.25, 0.3) is 17.7 Å². The molecular formula is C27H28Cl2FN3O7. The van der Waals surface area contributed by atoms with Crippen LogP contribution in [-0.2, 0) is 14.4 Å². The van der Waals surface area contributed by atoms with Gasteiger partial charge in [-0.15, -0.1) is 0 Å². The van der Waals surface area contributed by atoms with E-state index in [-0.39, 0.29) is 42.1 Å². The van der Waals surface area contributed by atoms with Gasteiger partial charge in [0, 0.05) is 24.2 Å². The van der Waals surface area contributed by atoms with Gasteiger partial charge in [0.15, 0.2) is 31.3 Å². The Morgan fingerprint density at radius 2 is 1.80 bits per heavy atom. The largest absolute Gasteiger partial charge is 0.484 e. The molecule has 3 unspecified atom stereocenters. The summed E-state index contributed by atoms with van der Waals surface area (Å²) in [7, 11) is 1.59. The van der Waals surface area contributed by atoms with Gasteiger partial charge >= 0.3 is 0 Å². The van der Waals surface area contributed by atoms with Crippen molar-refractivity contribution in [3.05, 3.63) is 57.3 Å². The highest BCUT2D eigenvalue weighted by atomic mass is 35.5. The summed E-state index contributed by atoms with van der Waals surface area (Å²) in [6.07, 6.45) is -0.848. The van der Waals surface area contributed by atoms with Crippen LogP contribution in [0.5, 0.6) is 17.2 Å². The number of fused-ring (bicyclic) bond motifs is 1. The molecule has 1 aliphatic heterocycles. The molecule has 3 N–H and O–H groups in total. The number of benzene rings is 2. The van der Waals surface area contributed by atoms with Crippen LogP contribution >= 0.6 is 23.2 Å². The van der Waals surface area contributed by atoms with Crippen LogP contribution in [0.2, 0.25) is 10.0 Å². The van der Waals surface area contributed by atoms with Crippen LogP contribution in [0.1, 0.15) is 20.3 Å². The van der Waals surface area contributed by atoms with E-state index in [1.807, 2.05) is 0 Å². The Bertz CT molecular complexity index is 1370. The summed E-state index contributed by atoms with van der Waals surface area (Å²) < 4.78 is 30.1. The first-order valence-corrected chi connectivity index (χ1v) is 13.1. The van der Waals surface area contributed by atoms with Gasteiger partial charge in [-0.25, -0.2) is 4.39 Å². The van der Waals surface area contributed by atoms with E-state index in [1.165, 1.54) is 23.1 Å². The molecule has 4 rings (SSSR count). The van der Waals surface area contributed by atoms with Gasteiger partial charge in [-0.2, -0.15) is 0 Å². The van der Waals surface area contributed by atoms with E-state index in [1.54, 1.807) is 27.0 Å². The fourth-order valence-electron chi connectivity index (χ4n) is 4.47. The van der Waals surface area contributed by atoms with Crippen LogP contribution in [0, 0.1) is 5.82 Å². The maximum atomic E-state index is 13.6. The number of halogens is 3. The predicted octanol–water partition coefficient (Wildman–Crippen LogP) is 3.02. The fraction of sp³-hybridized carbons (Fsp3) is 0.370. The Morgan fingerprint density at radius 3 is 2.52 bits per heavy atom. The number of anilines is 1. The van der Waals surface area contributed by atoms with Crippen molar-refractivity contribution in [2.45, 2.75) is 38.5 Å². The highest BCUT2D eigenvalue weighted by molar-refractivity contribution is 6.31. The number of hydrogen-bond acceptors (Lipinski definition) is 7. The van der Waals surface area contributed by atoms with Gasteiger partial charge in [0.05, 0.1) is 28.9 Å². The summed E-state index contributed by atoms with van der Waals surface area (Å²) in [6, 6.07) is 5.70. The lowest BCUT2D eigenvalue weighted by atomic mass is 9.83. The number of nitrogens with zero attached hydrogens (tertiary/aromatic N) is 1. The zero-order valence-electron chi connectivity index (χ0n) is 21.9.